The zero-order valence-corrected chi connectivity index (χ0v) is 18.0. The minimum Gasteiger partial charge on any atom is -0.496 e. The second-order valence-corrected chi connectivity index (χ2v) is 8.25. The van der Waals surface area contributed by atoms with E-state index in [-0.39, 0.29) is 23.1 Å². The molecule has 1 saturated carbocycles. The fraction of sp³-hybridized carbons (Fsp3) is 0.391. The zero-order chi connectivity index (χ0) is 22.9. The van der Waals surface area contributed by atoms with Crippen molar-refractivity contribution < 1.29 is 27.8 Å². The topological polar surface area (TPSA) is 86.1 Å². The molecule has 5 rings (SSSR count). The number of methoxy groups -OCH3 is 1. The van der Waals surface area contributed by atoms with Crippen LogP contribution in [0.1, 0.15) is 23.2 Å². The summed E-state index contributed by atoms with van der Waals surface area (Å²) in [5.41, 5.74) is 1.74. The number of alkyl halides is 2. The Labute approximate surface area is 188 Å². The van der Waals surface area contributed by atoms with E-state index in [0.29, 0.717) is 35.2 Å². The van der Waals surface area contributed by atoms with Crippen LogP contribution in [0, 0.1) is 5.92 Å². The van der Waals surface area contributed by atoms with Crippen LogP contribution in [0.5, 0.6) is 17.2 Å². The van der Waals surface area contributed by atoms with Gasteiger partial charge in [-0.25, -0.2) is 4.98 Å². The Morgan fingerprint density at radius 2 is 2.06 bits per heavy atom. The lowest BCUT2D eigenvalue weighted by Gasteiger charge is -2.26. The predicted octanol–water partition coefficient (Wildman–Crippen LogP) is 3.10. The molecule has 1 aromatic carbocycles. The molecule has 174 valence electrons. The van der Waals surface area contributed by atoms with Crippen LogP contribution in [0.25, 0.3) is 16.9 Å². The van der Waals surface area contributed by atoms with Gasteiger partial charge in [0.2, 0.25) is 0 Å². The van der Waals surface area contributed by atoms with Crippen molar-refractivity contribution in [1.29, 1.82) is 0 Å². The SMILES string of the molecule is COc1cc(-c2cnc3cc(OCC4CNC4)ccn23)cc(OC(F)F)c1C(=O)NC1CC1. The molecule has 0 atom stereocenters. The number of imidazole rings is 1. The van der Waals surface area contributed by atoms with E-state index in [2.05, 4.69) is 15.6 Å². The molecule has 2 fully saturated rings. The number of pyridine rings is 1. The average Bonchev–Trinajstić information content (AvgIpc) is 3.46. The van der Waals surface area contributed by atoms with Gasteiger partial charge in [0.05, 0.1) is 25.6 Å². The maximum Gasteiger partial charge on any atom is 0.387 e. The number of benzene rings is 1. The highest BCUT2D eigenvalue weighted by atomic mass is 19.3. The molecule has 0 spiro atoms. The van der Waals surface area contributed by atoms with E-state index in [1.807, 2.05) is 16.5 Å². The maximum atomic E-state index is 13.2. The lowest BCUT2D eigenvalue weighted by molar-refractivity contribution is -0.0502. The Balaban J connectivity index is 1.48. The number of hydrogen-bond acceptors (Lipinski definition) is 6. The molecule has 10 heteroatoms. The summed E-state index contributed by atoms with van der Waals surface area (Å²) >= 11 is 0. The van der Waals surface area contributed by atoms with E-state index in [1.54, 1.807) is 18.5 Å². The Morgan fingerprint density at radius 3 is 2.73 bits per heavy atom. The summed E-state index contributed by atoms with van der Waals surface area (Å²) in [6.07, 6.45) is 5.16. The third kappa shape index (κ3) is 4.56. The number of halogens is 2. The second-order valence-electron chi connectivity index (χ2n) is 8.25. The van der Waals surface area contributed by atoms with Crippen LogP contribution in [0.3, 0.4) is 0 Å². The lowest BCUT2D eigenvalue weighted by atomic mass is 10.1. The zero-order valence-electron chi connectivity index (χ0n) is 18.0. The van der Waals surface area contributed by atoms with Crippen LogP contribution >= 0.6 is 0 Å². The highest BCUT2D eigenvalue weighted by molar-refractivity contribution is 6.01. The molecule has 1 saturated heterocycles. The van der Waals surface area contributed by atoms with Gasteiger partial charge in [0.25, 0.3) is 5.91 Å². The first-order valence-corrected chi connectivity index (χ1v) is 10.8. The standard InChI is InChI=1S/C23H24F2N4O4/c1-31-18-6-14(7-19(33-23(24)25)21(18)22(30)28-15-2-3-15)17-11-27-20-8-16(4-5-29(17)20)32-12-13-9-26-10-13/h4-8,11,13,15,23,26H,2-3,9-10,12H2,1H3,(H,28,30). The Kier molecular flexibility index (Phi) is 5.76. The van der Waals surface area contributed by atoms with Gasteiger partial charge in [-0.2, -0.15) is 8.78 Å². The van der Waals surface area contributed by atoms with Gasteiger partial charge >= 0.3 is 6.61 Å². The molecule has 3 heterocycles. The van der Waals surface area contributed by atoms with E-state index in [9.17, 15) is 13.6 Å². The highest BCUT2D eigenvalue weighted by Gasteiger charge is 2.29. The quantitative estimate of drug-likeness (QED) is 0.513. The Bertz CT molecular complexity index is 1170. The van der Waals surface area contributed by atoms with Crippen molar-refractivity contribution in [3.05, 3.63) is 42.2 Å². The van der Waals surface area contributed by atoms with E-state index in [1.165, 1.54) is 13.2 Å². The summed E-state index contributed by atoms with van der Waals surface area (Å²) in [5.74, 6) is 0.607. The molecular formula is C23H24F2N4O4. The summed E-state index contributed by atoms with van der Waals surface area (Å²) in [7, 11) is 1.38. The Hall–Kier alpha value is -3.40. The van der Waals surface area contributed by atoms with E-state index < -0.39 is 12.5 Å². The first kappa shape index (κ1) is 21.4. The Morgan fingerprint density at radius 1 is 1.27 bits per heavy atom. The minimum atomic E-state index is -3.09. The van der Waals surface area contributed by atoms with Gasteiger partial charge in [-0.15, -0.1) is 0 Å². The fourth-order valence-electron chi connectivity index (χ4n) is 3.74. The molecule has 33 heavy (non-hydrogen) atoms. The number of ether oxygens (including phenoxy) is 3. The first-order valence-electron chi connectivity index (χ1n) is 10.8. The van der Waals surface area contributed by atoms with Gasteiger partial charge < -0.3 is 24.8 Å². The van der Waals surface area contributed by atoms with Crippen molar-refractivity contribution in [2.24, 2.45) is 5.92 Å². The number of aromatic nitrogens is 2. The molecule has 1 aliphatic heterocycles. The average molecular weight is 458 g/mol. The summed E-state index contributed by atoms with van der Waals surface area (Å²) in [4.78, 5) is 17.1. The molecular weight excluding hydrogens is 434 g/mol. The molecule has 1 amide bonds. The largest absolute Gasteiger partial charge is 0.496 e. The van der Waals surface area contributed by atoms with Gasteiger partial charge in [-0.05, 0) is 31.0 Å². The number of rotatable bonds is 9. The molecule has 0 bridgehead atoms. The summed E-state index contributed by atoms with van der Waals surface area (Å²) in [5, 5.41) is 6.01. The van der Waals surface area contributed by atoms with E-state index in [0.717, 1.165) is 25.9 Å². The van der Waals surface area contributed by atoms with Crippen LogP contribution in [0.2, 0.25) is 0 Å². The molecule has 0 unspecified atom stereocenters. The number of hydrogen-bond donors (Lipinski definition) is 2. The molecule has 2 N–H and O–H groups in total. The van der Waals surface area contributed by atoms with Gasteiger partial charge in [0.15, 0.2) is 0 Å². The van der Waals surface area contributed by atoms with Gasteiger partial charge in [-0.1, -0.05) is 0 Å². The van der Waals surface area contributed by atoms with Crippen molar-refractivity contribution in [3.63, 3.8) is 0 Å². The number of fused-ring (bicyclic) bond motifs is 1. The molecule has 0 radical (unpaired) electrons. The molecule has 3 aromatic rings. The number of nitrogens with zero attached hydrogens (tertiary/aromatic N) is 2. The van der Waals surface area contributed by atoms with Gasteiger partial charge in [-0.3, -0.25) is 9.20 Å². The fourth-order valence-corrected chi connectivity index (χ4v) is 3.74. The monoisotopic (exact) mass is 458 g/mol. The van der Waals surface area contributed by atoms with Crippen molar-refractivity contribution in [1.82, 2.24) is 20.0 Å². The summed E-state index contributed by atoms with van der Waals surface area (Å²) in [6.45, 7) is -0.553. The number of amides is 1. The number of carbonyl (C=O) groups is 1. The van der Waals surface area contributed by atoms with Crippen molar-refractivity contribution in [2.45, 2.75) is 25.5 Å². The van der Waals surface area contributed by atoms with Crippen molar-refractivity contribution in [3.8, 4) is 28.5 Å². The van der Waals surface area contributed by atoms with Crippen LogP contribution in [0.15, 0.2) is 36.7 Å². The number of carbonyl (C=O) groups excluding carboxylic acids is 1. The maximum absolute atomic E-state index is 13.2. The number of nitrogens with one attached hydrogen (secondary N) is 2. The molecule has 2 aromatic heterocycles. The van der Waals surface area contributed by atoms with Gasteiger partial charge in [0.1, 0.15) is 28.5 Å². The molecule has 2 aliphatic rings. The van der Waals surface area contributed by atoms with Crippen LogP contribution in [-0.2, 0) is 0 Å². The smallest absolute Gasteiger partial charge is 0.387 e. The first-order chi connectivity index (χ1) is 16.0. The predicted molar refractivity (Wildman–Crippen MR) is 116 cm³/mol. The van der Waals surface area contributed by atoms with Crippen LogP contribution in [0.4, 0.5) is 8.78 Å². The third-order valence-corrected chi connectivity index (χ3v) is 5.77. The summed E-state index contributed by atoms with van der Waals surface area (Å²) in [6, 6.07) is 6.74. The van der Waals surface area contributed by atoms with Crippen LogP contribution < -0.4 is 24.8 Å². The van der Waals surface area contributed by atoms with Crippen molar-refractivity contribution >= 4 is 11.6 Å². The van der Waals surface area contributed by atoms with E-state index in [4.69, 9.17) is 14.2 Å². The van der Waals surface area contributed by atoms with Crippen LogP contribution in [-0.4, -0.2) is 54.8 Å². The normalized spacial score (nSPS) is 16.0. The molecule has 1 aliphatic carbocycles. The minimum absolute atomic E-state index is 0.0524. The summed E-state index contributed by atoms with van der Waals surface area (Å²) < 4.78 is 44.1. The van der Waals surface area contributed by atoms with E-state index >= 15 is 0 Å². The lowest BCUT2D eigenvalue weighted by Crippen LogP contribution is -2.45. The highest BCUT2D eigenvalue weighted by Crippen LogP contribution is 2.37. The molecule has 8 nitrogen and oxygen atoms in total. The third-order valence-electron chi connectivity index (χ3n) is 5.77. The second kappa shape index (κ2) is 8.86. The van der Waals surface area contributed by atoms with Crippen molar-refractivity contribution in [2.75, 3.05) is 26.8 Å². The van der Waals surface area contributed by atoms with Gasteiger partial charge in [0, 0.05) is 42.9 Å².